The first-order valence-corrected chi connectivity index (χ1v) is 6.54. The van der Waals surface area contributed by atoms with Crippen molar-refractivity contribution >= 4 is 29.2 Å². The standard InChI is InChI=1S/C15H11ClFNO4/c16-12-6-1-9(15(20)21)7-13(12)18-14(19)8-22-11-4-2-10(17)3-5-11/h1-7H,8H2,(H,18,19)(H,20,21). The Balaban J connectivity index is 1.98. The number of carboxylic acids is 1. The van der Waals surface area contributed by atoms with Gasteiger partial charge in [0.05, 0.1) is 16.3 Å². The van der Waals surface area contributed by atoms with E-state index in [4.69, 9.17) is 21.4 Å². The highest BCUT2D eigenvalue weighted by molar-refractivity contribution is 6.33. The molecule has 0 heterocycles. The minimum Gasteiger partial charge on any atom is -0.484 e. The number of rotatable bonds is 5. The summed E-state index contributed by atoms with van der Waals surface area (Å²) in [6.07, 6.45) is 0. The van der Waals surface area contributed by atoms with Gasteiger partial charge in [-0.05, 0) is 42.5 Å². The summed E-state index contributed by atoms with van der Waals surface area (Å²) in [6.45, 7) is -0.320. The Morgan fingerprint density at radius 1 is 1.18 bits per heavy atom. The number of anilines is 1. The van der Waals surface area contributed by atoms with Gasteiger partial charge in [0.15, 0.2) is 6.61 Å². The first kappa shape index (κ1) is 15.8. The summed E-state index contributed by atoms with van der Waals surface area (Å²) in [7, 11) is 0. The van der Waals surface area contributed by atoms with Crippen molar-refractivity contribution in [1.82, 2.24) is 0 Å². The predicted octanol–water partition coefficient (Wildman–Crippen LogP) is 3.19. The lowest BCUT2D eigenvalue weighted by Gasteiger charge is -2.09. The van der Waals surface area contributed by atoms with Gasteiger partial charge in [0, 0.05) is 0 Å². The molecule has 0 atom stereocenters. The fourth-order valence-electron chi connectivity index (χ4n) is 1.62. The average molecular weight is 324 g/mol. The third-order valence-corrected chi connectivity index (χ3v) is 3.00. The topological polar surface area (TPSA) is 75.6 Å². The SMILES string of the molecule is O=C(COc1ccc(F)cc1)Nc1cc(C(=O)O)ccc1Cl. The maximum Gasteiger partial charge on any atom is 0.335 e. The molecule has 0 aliphatic heterocycles. The Hall–Kier alpha value is -2.60. The van der Waals surface area contributed by atoms with Gasteiger partial charge in [-0.1, -0.05) is 11.6 Å². The third kappa shape index (κ3) is 4.20. The van der Waals surface area contributed by atoms with E-state index in [9.17, 15) is 14.0 Å². The lowest BCUT2D eigenvalue weighted by Crippen LogP contribution is -2.20. The van der Waals surface area contributed by atoms with E-state index < -0.39 is 17.7 Å². The molecule has 0 saturated heterocycles. The van der Waals surface area contributed by atoms with Crippen molar-refractivity contribution in [3.63, 3.8) is 0 Å². The van der Waals surface area contributed by atoms with E-state index in [-0.39, 0.29) is 22.9 Å². The van der Waals surface area contributed by atoms with E-state index in [0.29, 0.717) is 5.75 Å². The zero-order chi connectivity index (χ0) is 16.1. The summed E-state index contributed by atoms with van der Waals surface area (Å²) < 4.78 is 17.9. The van der Waals surface area contributed by atoms with E-state index in [2.05, 4.69) is 5.32 Å². The summed E-state index contributed by atoms with van der Waals surface area (Å²) >= 11 is 5.89. The molecule has 22 heavy (non-hydrogen) atoms. The third-order valence-electron chi connectivity index (χ3n) is 2.67. The van der Waals surface area contributed by atoms with Crippen LogP contribution in [0.5, 0.6) is 5.75 Å². The van der Waals surface area contributed by atoms with Crippen molar-refractivity contribution in [1.29, 1.82) is 0 Å². The van der Waals surface area contributed by atoms with Gasteiger partial charge >= 0.3 is 5.97 Å². The van der Waals surface area contributed by atoms with Crippen molar-refractivity contribution in [3.05, 3.63) is 58.9 Å². The fraction of sp³-hybridized carbons (Fsp3) is 0.0667. The summed E-state index contributed by atoms with van der Waals surface area (Å²) in [5.41, 5.74) is 0.174. The van der Waals surface area contributed by atoms with Crippen molar-refractivity contribution < 1.29 is 23.8 Å². The second-order valence-corrected chi connectivity index (χ2v) is 4.70. The number of carbonyl (C=O) groups is 2. The minimum absolute atomic E-state index is 0.000784. The van der Waals surface area contributed by atoms with Crippen LogP contribution in [0.3, 0.4) is 0 Å². The van der Waals surface area contributed by atoms with Gasteiger partial charge in [-0.2, -0.15) is 0 Å². The Bertz CT molecular complexity index is 703. The zero-order valence-corrected chi connectivity index (χ0v) is 11.9. The Labute approximate surface area is 130 Å². The molecule has 0 saturated carbocycles. The molecular weight excluding hydrogens is 313 g/mol. The molecule has 2 aromatic carbocycles. The number of nitrogens with one attached hydrogen (secondary N) is 1. The van der Waals surface area contributed by atoms with Crippen molar-refractivity contribution in [2.24, 2.45) is 0 Å². The van der Waals surface area contributed by atoms with E-state index >= 15 is 0 Å². The van der Waals surface area contributed by atoms with Gasteiger partial charge in [0.25, 0.3) is 5.91 Å². The van der Waals surface area contributed by atoms with Crippen LogP contribution in [0.4, 0.5) is 10.1 Å². The molecule has 1 amide bonds. The molecule has 0 unspecified atom stereocenters. The Kier molecular flexibility index (Phi) is 4.95. The summed E-state index contributed by atoms with van der Waals surface area (Å²) in [6, 6.07) is 9.15. The van der Waals surface area contributed by atoms with E-state index in [1.807, 2.05) is 0 Å². The molecule has 0 aliphatic rings. The van der Waals surface area contributed by atoms with Crippen LogP contribution in [0.1, 0.15) is 10.4 Å². The van der Waals surface area contributed by atoms with Crippen molar-refractivity contribution in [2.45, 2.75) is 0 Å². The predicted molar refractivity (Wildman–Crippen MR) is 78.9 cm³/mol. The number of halogens is 2. The van der Waals surface area contributed by atoms with Crippen LogP contribution in [0.15, 0.2) is 42.5 Å². The largest absolute Gasteiger partial charge is 0.484 e. The second kappa shape index (κ2) is 6.91. The zero-order valence-electron chi connectivity index (χ0n) is 11.2. The highest BCUT2D eigenvalue weighted by atomic mass is 35.5. The van der Waals surface area contributed by atoms with Crippen LogP contribution >= 0.6 is 11.6 Å². The molecule has 5 nitrogen and oxygen atoms in total. The molecule has 0 fully saturated rings. The fourth-order valence-corrected chi connectivity index (χ4v) is 1.78. The molecule has 2 aromatic rings. The van der Waals surface area contributed by atoms with Crippen LogP contribution in [-0.2, 0) is 4.79 Å². The average Bonchev–Trinajstić information content (AvgIpc) is 2.48. The van der Waals surface area contributed by atoms with Crippen LogP contribution < -0.4 is 10.1 Å². The lowest BCUT2D eigenvalue weighted by atomic mass is 10.2. The molecule has 0 radical (unpaired) electrons. The number of ether oxygens (including phenoxy) is 1. The van der Waals surface area contributed by atoms with Gasteiger partial charge < -0.3 is 15.2 Å². The molecule has 2 rings (SSSR count). The first-order valence-electron chi connectivity index (χ1n) is 6.17. The van der Waals surface area contributed by atoms with Gasteiger partial charge in [0.2, 0.25) is 0 Å². The molecule has 0 bridgehead atoms. The number of aromatic carboxylic acids is 1. The van der Waals surface area contributed by atoms with Gasteiger partial charge in [-0.3, -0.25) is 4.79 Å². The molecular formula is C15H11ClFNO4. The summed E-state index contributed by atoms with van der Waals surface area (Å²) in [4.78, 5) is 22.6. The molecule has 0 aromatic heterocycles. The highest BCUT2D eigenvalue weighted by Gasteiger charge is 2.10. The van der Waals surface area contributed by atoms with Crippen LogP contribution in [-0.4, -0.2) is 23.6 Å². The quantitative estimate of drug-likeness (QED) is 0.886. The maximum atomic E-state index is 12.7. The number of benzene rings is 2. The van der Waals surface area contributed by atoms with Gasteiger partial charge in [0.1, 0.15) is 11.6 Å². The van der Waals surface area contributed by atoms with E-state index in [1.54, 1.807) is 0 Å². The van der Waals surface area contributed by atoms with Crippen molar-refractivity contribution in [2.75, 3.05) is 11.9 Å². The molecule has 0 aliphatic carbocycles. The lowest BCUT2D eigenvalue weighted by molar-refractivity contribution is -0.118. The monoisotopic (exact) mass is 323 g/mol. The smallest absolute Gasteiger partial charge is 0.335 e. The number of hydrogen-bond acceptors (Lipinski definition) is 3. The number of hydrogen-bond donors (Lipinski definition) is 2. The van der Waals surface area contributed by atoms with E-state index in [1.165, 1.54) is 42.5 Å². The second-order valence-electron chi connectivity index (χ2n) is 4.29. The van der Waals surface area contributed by atoms with Crippen molar-refractivity contribution in [3.8, 4) is 5.75 Å². The van der Waals surface area contributed by atoms with Crippen LogP contribution in [0.25, 0.3) is 0 Å². The number of amides is 1. The summed E-state index contributed by atoms with van der Waals surface area (Å²) in [5.74, 6) is -1.72. The Morgan fingerprint density at radius 3 is 2.50 bits per heavy atom. The molecule has 114 valence electrons. The first-order chi connectivity index (χ1) is 10.5. The van der Waals surface area contributed by atoms with Gasteiger partial charge in [-0.15, -0.1) is 0 Å². The Morgan fingerprint density at radius 2 is 1.86 bits per heavy atom. The molecule has 2 N–H and O–H groups in total. The number of carbonyl (C=O) groups excluding carboxylic acids is 1. The molecule has 7 heteroatoms. The molecule has 0 spiro atoms. The number of carboxylic acid groups (broad SMARTS) is 1. The summed E-state index contributed by atoms with van der Waals surface area (Å²) in [5, 5.41) is 11.6. The van der Waals surface area contributed by atoms with Crippen LogP contribution in [0.2, 0.25) is 5.02 Å². The normalized spacial score (nSPS) is 10.1. The highest BCUT2D eigenvalue weighted by Crippen LogP contribution is 2.23. The minimum atomic E-state index is -1.13. The van der Waals surface area contributed by atoms with Crippen LogP contribution in [0, 0.1) is 5.82 Å². The maximum absolute atomic E-state index is 12.7. The van der Waals surface area contributed by atoms with Gasteiger partial charge in [-0.25, -0.2) is 9.18 Å². The van der Waals surface area contributed by atoms with E-state index in [0.717, 1.165) is 0 Å².